The van der Waals surface area contributed by atoms with Gasteiger partial charge in [0.15, 0.2) is 0 Å². The first kappa shape index (κ1) is 10.9. The topological polar surface area (TPSA) is 52.3 Å². The monoisotopic (exact) mass is 129 g/mol. The van der Waals surface area contributed by atoms with Gasteiger partial charge in [0.2, 0.25) is 0 Å². The Morgan fingerprint density at radius 1 is 1.86 bits per heavy atom. The van der Waals surface area contributed by atoms with Crippen molar-refractivity contribution in [2.45, 2.75) is 13.3 Å². The molecule has 2 N–H and O–H groups in total. The first-order chi connectivity index (χ1) is 2.81. The van der Waals surface area contributed by atoms with Crippen LogP contribution in [-0.2, 0) is 9.63 Å². The fraction of sp³-hybridized carbons (Fsp3) is 0.667. The molecule has 0 atom stereocenters. The van der Waals surface area contributed by atoms with Gasteiger partial charge in [0.25, 0.3) is 0 Å². The average Bonchev–Trinajstić information content (AvgIpc) is 1.65. The van der Waals surface area contributed by atoms with Crippen molar-refractivity contribution >= 4 is 57.4 Å². The molecule has 0 heterocycles. The maximum absolute atomic E-state index is 9.83. The van der Waals surface area contributed by atoms with Gasteiger partial charge < -0.3 is 4.84 Å². The van der Waals surface area contributed by atoms with Gasteiger partial charge in [-0.25, -0.2) is 0 Å². The Labute approximate surface area is 85.0 Å². The van der Waals surface area contributed by atoms with Crippen LogP contribution in [0.15, 0.2) is 0 Å². The molecule has 0 bridgehead atoms. The summed E-state index contributed by atoms with van der Waals surface area (Å²) in [5, 5.41) is 0. The van der Waals surface area contributed by atoms with Crippen molar-refractivity contribution in [3.05, 3.63) is 0 Å². The van der Waals surface area contributed by atoms with E-state index in [-0.39, 0.29) is 57.4 Å². The van der Waals surface area contributed by atoms with Crippen LogP contribution in [0.5, 0.6) is 0 Å². The summed E-state index contributed by atoms with van der Waals surface area (Å²) in [6.45, 7) is 1.68. The molecule has 0 aliphatic heterocycles. The zero-order valence-electron chi connectivity index (χ0n) is 3.60. The Morgan fingerprint density at radius 3 is 2.29 bits per heavy atom. The third kappa shape index (κ3) is 7.07. The normalized spacial score (nSPS) is 6.57. The molecular weight excluding hydrogens is 121 g/mol. The zero-order valence-corrected chi connectivity index (χ0v) is 3.60. The third-order valence-electron chi connectivity index (χ3n) is 0.420. The van der Waals surface area contributed by atoms with Gasteiger partial charge in [-0.05, 0) is 0 Å². The van der Waals surface area contributed by atoms with Crippen LogP contribution in [0.1, 0.15) is 13.3 Å². The van der Waals surface area contributed by atoms with Crippen LogP contribution in [0, 0.1) is 0 Å². The predicted octanol–water partition coefficient (Wildman–Crippen LogP) is -0.835. The Morgan fingerprint density at radius 2 is 2.29 bits per heavy atom. The molecule has 0 aliphatic rings. The summed E-state index contributed by atoms with van der Waals surface area (Å²) >= 11 is 0. The molecule has 38 valence electrons. The molecule has 0 fully saturated rings. The first-order valence-corrected chi connectivity index (χ1v) is 1.70. The van der Waals surface area contributed by atoms with Crippen LogP contribution < -0.4 is 5.90 Å². The summed E-state index contributed by atoms with van der Waals surface area (Å²) in [5.74, 6) is 4.05. The summed E-state index contributed by atoms with van der Waals surface area (Å²) in [6.07, 6.45) is 0.344. The van der Waals surface area contributed by atoms with E-state index in [0.29, 0.717) is 6.42 Å². The number of carbonyl (C=O) groups is 1. The summed E-state index contributed by atoms with van der Waals surface area (Å²) < 4.78 is 0. The Balaban J connectivity index is 0. The molecule has 0 amide bonds. The van der Waals surface area contributed by atoms with Gasteiger partial charge in [-0.3, -0.25) is 4.79 Å². The minimum absolute atomic E-state index is 0. The first-order valence-electron chi connectivity index (χ1n) is 1.70. The van der Waals surface area contributed by atoms with E-state index < -0.39 is 0 Å². The van der Waals surface area contributed by atoms with Crippen LogP contribution >= 0.6 is 0 Å². The van der Waals surface area contributed by atoms with Gasteiger partial charge in [0, 0.05) is 6.42 Å². The van der Waals surface area contributed by atoms with E-state index in [1.807, 2.05) is 0 Å². The number of hydrogen-bond donors (Lipinski definition) is 1. The number of carbonyl (C=O) groups excluding carboxylic acids is 1. The molecule has 0 unspecified atom stereocenters. The zero-order chi connectivity index (χ0) is 4.99. The maximum atomic E-state index is 9.83. The van der Waals surface area contributed by atoms with Gasteiger partial charge in [-0.2, -0.15) is 5.90 Å². The standard InChI is InChI=1S/C3H7NO2.K.H/c1-2-3(5)6-4;;/h2,4H2,1H3;;. The van der Waals surface area contributed by atoms with Gasteiger partial charge in [0.05, 0.1) is 0 Å². The van der Waals surface area contributed by atoms with E-state index in [2.05, 4.69) is 10.7 Å². The third-order valence-corrected chi connectivity index (χ3v) is 0.420. The molecule has 0 spiro atoms. The number of nitrogens with two attached hydrogens (primary N) is 1. The molecule has 3 nitrogen and oxygen atoms in total. The molecule has 0 aromatic rings. The molecule has 0 aromatic carbocycles. The SMILES string of the molecule is CCC(=O)ON.[KH]. The van der Waals surface area contributed by atoms with E-state index in [0.717, 1.165) is 0 Å². The van der Waals surface area contributed by atoms with Crippen molar-refractivity contribution in [3.8, 4) is 0 Å². The fourth-order valence-corrected chi connectivity index (χ4v) is 0.0833. The van der Waals surface area contributed by atoms with Crippen LogP contribution in [0.4, 0.5) is 0 Å². The number of hydrogen-bond acceptors (Lipinski definition) is 3. The van der Waals surface area contributed by atoms with E-state index in [1.165, 1.54) is 0 Å². The van der Waals surface area contributed by atoms with Crippen LogP contribution in [0.25, 0.3) is 0 Å². The van der Waals surface area contributed by atoms with Crippen molar-refractivity contribution < 1.29 is 9.63 Å². The van der Waals surface area contributed by atoms with E-state index in [4.69, 9.17) is 0 Å². The summed E-state index contributed by atoms with van der Waals surface area (Å²) in [5.41, 5.74) is 0. The van der Waals surface area contributed by atoms with Crippen LogP contribution in [0.3, 0.4) is 0 Å². The Kier molecular flexibility index (Phi) is 11.0. The van der Waals surface area contributed by atoms with E-state index in [1.54, 1.807) is 6.92 Å². The second-order valence-electron chi connectivity index (χ2n) is 0.843. The fourth-order valence-electron chi connectivity index (χ4n) is 0.0833. The Hall–Kier alpha value is 1.07. The van der Waals surface area contributed by atoms with Crippen molar-refractivity contribution in [1.29, 1.82) is 0 Å². The summed E-state index contributed by atoms with van der Waals surface area (Å²) in [4.78, 5) is 13.6. The number of rotatable bonds is 1. The molecular formula is C3H8KNO2. The molecule has 0 aromatic heterocycles. The Bertz CT molecular complexity index is 50.9. The molecule has 0 aliphatic carbocycles. The molecule has 0 saturated carbocycles. The summed E-state index contributed by atoms with van der Waals surface area (Å²) in [7, 11) is 0. The quantitative estimate of drug-likeness (QED) is 0.371. The van der Waals surface area contributed by atoms with Gasteiger partial charge in [-0.1, -0.05) is 6.92 Å². The molecule has 7 heavy (non-hydrogen) atoms. The van der Waals surface area contributed by atoms with Gasteiger partial charge in [-0.15, -0.1) is 0 Å². The molecule has 0 rings (SSSR count). The predicted molar refractivity (Wildman–Crippen MR) is 27.7 cm³/mol. The average molecular weight is 129 g/mol. The summed E-state index contributed by atoms with van der Waals surface area (Å²) in [6, 6.07) is 0. The van der Waals surface area contributed by atoms with E-state index >= 15 is 0 Å². The van der Waals surface area contributed by atoms with Gasteiger partial charge in [0.1, 0.15) is 0 Å². The second-order valence-corrected chi connectivity index (χ2v) is 0.843. The van der Waals surface area contributed by atoms with Crippen LogP contribution in [-0.4, -0.2) is 57.4 Å². The molecule has 0 saturated heterocycles. The second kappa shape index (κ2) is 7.07. The minimum atomic E-state index is -0.380. The van der Waals surface area contributed by atoms with Crippen molar-refractivity contribution in [1.82, 2.24) is 0 Å². The van der Waals surface area contributed by atoms with E-state index in [9.17, 15) is 4.79 Å². The van der Waals surface area contributed by atoms with Gasteiger partial charge >= 0.3 is 57.4 Å². The molecule has 0 radical (unpaired) electrons. The molecule has 4 heteroatoms. The van der Waals surface area contributed by atoms with Crippen molar-refractivity contribution in [3.63, 3.8) is 0 Å². The van der Waals surface area contributed by atoms with Crippen molar-refractivity contribution in [2.24, 2.45) is 5.90 Å². The van der Waals surface area contributed by atoms with Crippen molar-refractivity contribution in [2.75, 3.05) is 0 Å². The van der Waals surface area contributed by atoms with Crippen LogP contribution in [0.2, 0.25) is 0 Å².